The predicted molar refractivity (Wildman–Crippen MR) is 72.3 cm³/mol. The second kappa shape index (κ2) is 5.29. The lowest BCUT2D eigenvalue weighted by molar-refractivity contribution is 0.220. The predicted octanol–water partition coefficient (Wildman–Crippen LogP) is 4.43. The molecule has 0 amide bonds. The number of benzene rings is 2. The van der Waals surface area contributed by atoms with Gasteiger partial charge in [-0.05, 0) is 41.5 Å². The van der Waals surface area contributed by atoms with Crippen molar-refractivity contribution in [3.8, 4) is 0 Å². The zero-order valence-corrected chi connectivity index (χ0v) is 11.9. The molecule has 0 fully saturated rings. The number of hydrogen-bond donors (Lipinski definition) is 1. The molecule has 0 bridgehead atoms. The monoisotopic (exact) mass is 358 g/mol. The second-order valence-electron chi connectivity index (χ2n) is 3.66. The Morgan fingerprint density at radius 1 is 0.882 bits per heavy atom. The minimum absolute atomic E-state index is 0.309. The summed E-state index contributed by atoms with van der Waals surface area (Å²) in [6.07, 6.45) is -0.760. The van der Waals surface area contributed by atoms with Gasteiger partial charge in [0.1, 0.15) is 11.9 Å². The second-order valence-corrected chi connectivity index (χ2v) is 5.49. The summed E-state index contributed by atoms with van der Waals surface area (Å²) in [6, 6.07) is 11.4. The summed E-state index contributed by atoms with van der Waals surface area (Å²) in [5.74, 6) is -0.309. The normalized spacial score (nSPS) is 12.5. The first-order chi connectivity index (χ1) is 8.06. The Morgan fingerprint density at radius 3 is 1.94 bits per heavy atom. The Balaban J connectivity index is 2.36. The standard InChI is InChI=1S/C13H9Br2FO/c14-10-5-9(6-11(15)7-10)13(17)8-1-3-12(16)4-2-8/h1-7,13,17H. The van der Waals surface area contributed by atoms with Gasteiger partial charge in [-0.1, -0.05) is 44.0 Å². The fraction of sp³-hybridized carbons (Fsp3) is 0.0769. The van der Waals surface area contributed by atoms with Crippen molar-refractivity contribution in [3.63, 3.8) is 0 Å². The van der Waals surface area contributed by atoms with Gasteiger partial charge in [-0.2, -0.15) is 0 Å². The van der Waals surface area contributed by atoms with E-state index < -0.39 is 6.10 Å². The number of hydrogen-bond acceptors (Lipinski definition) is 1. The van der Waals surface area contributed by atoms with E-state index in [0.29, 0.717) is 5.56 Å². The van der Waals surface area contributed by atoms with Gasteiger partial charge in [0.2, 0.25) is 0 Å². The van der Waals surface area contributed by atoms with Gasteiger partial charge in [-0.25, -0.2) is 4.39 Å². The minimum atomic E-state index is -0.760. The lowest BCUT2D eigenvalue weighted by Crippen LogP contribution is -1.99. The van der Waals surface area contributed by atoms with Crippen LogP contribution in [0.15, 0.2) is 51.4 Å². The van der Waals surface area contributed by atoms with E-state index in [1.165, 1.54) is 12.1 Å². The molecule has 0 aliphatic carbocycles. The number of aliphatic hydroxyl groups excluding tert-OH is 1. The quantitative estimate of drug-likeness (QED) is 0.840. The molecular formula is C13H9Br2FO. The molecule has 2 rings (SSSR count). The van der Waals surface area contributed by atoms with Crippen LogP contribution in [0.1, 0.15) is 17.2 Å². The summed E-state index contributed by atoms with van der Waals surface area (Å²) >= 11 is 6.73. The van der Waals surface area contributed by atoms with Crippen LogP contribution in [-0.4, -0.2) is 5.11 Å². The third kappa shape index (κ3) is 3.15. The summed E-state index contributed by atoms with van der Waals surface area (Å²) in [6.45, 7) is 0. The molecule has 0 aromatic heterocycles. The van der Waals surface area contributed by atoms with Crippen molar-refractivity contribution in [2.45, 2.75) is 6.10 Å². The van der Waals surface area contributed by atoms with Crippen LogP contribution in [-0.2, 0) is 0 Å². The fourth-order valence-corrected chi connectivity index (χ4v) is 2.90. The van der Waals surface area contributed by atoms with E-state index in [2.05, 4.69) is 31.9 Å². The van der Waals surface area contributed by atoms with Crippen molar-refractivity contribution in [3.05, 3.63) is 68.4 Å². The van der Waals surface area contributed by atoms with Crippen molar-refractivity contribution in [2.24, 2.45) is 0 Å². The molecular weight excluding hydrogens is 351 g/mol. The average Bonchev–Trinajstić information content (AvgIpc) is 2.28. The SMILES string of the molecule is OC(c1ccc(F)cc1)c1cc(Br)cc(Br)c1. The first-order valence-corrected chi connectivity index (χ1v) is 6.54. The van der Waals surface area contributed by atoms with Crippen molar-refractivity contribution in [1.29, 1.82) is 0 Å². The molecule has 0 radical (unpaired) electrons. The van der Waals surface area contributed by atoms with E-state index in [1.807, 2.05) is 18.2 Å². The van der Waals surface area contributed by atoms with E-state index in [9.17, 15) is 9.50 Å². The molecule has 2 aromatic carbocycles. The first kappa shape index (κ1) is 12.7. The Morgan fingerprint density at radius 2 is 1.41 bits per heavy atom. The van der Waals surface area contributed by atoms with Gasteiger partial charge in [0.15, 0.2) is 0 Å². The molecule has 88 valence electrons. The van der Waals surface area contributed by atoms with E-state index in [4.69, 9.17) is 0 Å². The Labute approximate surface area is 116 Å². The van der Waals surface area contributed by atoms with Crippen molar-refractivity contribution in [2.75, 3.05) is 0 Å². The van der Waals surface area contributed by atoms with Gasteiger partial charge in [0.05, 0.1) is 0 Å². The van der Waals surface area contributed by atoms with E-state index in [-0.39, 0.29) is 5.82 Å². The number of halogens is 3. The fourth-order valence-electron chi connectivity index (χ4n) is 1.57. The van der Waals surface area contributed by atoms with Gasteiger partial charge in [0.25, 0.3) is 0 Å². The maximum absolute atomic E-state index is 12.8. The molecule has 1 atom stereocenters. The molecule has 2 aromatic rings. The summed E-state index contributed by atoms with van der Waals surface area (Å²) < 4.78 is 14.5. The maximum Gasteiger partial charge on any atom is 0.123 e. The van der Waals surface area contributed by atoms with Gasteiger partial charge in [-0.15, -0.1) is 0 Å². The Hall–Kier alpha value is -0.710. The van der Waals surface area contributed by atoms with E-state index in [0.717, 1.165) is 14.5 Å². The minimum Gasteiger partial charge on any atom is -0.384 e. The van der Waals surface area contributed by atoms with Crippen LogP contribution < -0.4 is 0 Å². The molecule has 1 N–H and O–H groups in total. The lowest BCUT2D eigenvalue weighted by Gasteiger charge is -2.12. The highest BCUT2D eigenvalue weighted by Crippen LogP contribution is 2.28. The largest absolute Gasteiger partial charge is 0.384 e. The molecule has 17 heavy (non-hydrogen) atoms. The summed E-state index contributed by atoms with van der Waals surface area (Å²) in [5.41, 5.74) is 1.41. The molecule has 0 saturated heterocycles. The summed E-state index contributed by atoms with van der Waals surface area (Å²) in [5, 5.41) is 10.2. The third-order valence-corrected chi connectivity index (χ3v) is 3.30. The van der Waals surface area contributed by atoms with Gasteiger partial charge >= 0.3 is 0 Å². The van der Waals surface area contributed by atoms with Crippen LogP contribution in [0.25, 0.3) is 0 Å². The molecule has 0 saturated carbocycles. The molecule has 0 aliphatic rings. The Bertz CT molecular complexity index is 505. The van der Waals surface area contributed by atoms with E-state index >= 15 is 0 Å². The van der Waals surface area contributed by atoms with Crippen molar-refractivity contribution < 1.29 is 9.50 Å². The highest BCUT2D eigenvalue weighted by molar-refractivity contribution is 9.11. The molecule has 0 aliphatic heterocycles. The third-order valence-electron chi connectivity index (χ3n) is 2.39. The summed E-state index contributed by atoms with van der Waals surface area (Å²) in [4.78, 5) is 0. The molecule has 0 spiro atoms. The van der Waals surface area contributed by atoms with Crippen molar-refractivity contribution in [1.82, 2.24) is 0 Å². The maximum atomic E-state index is 12.8. The average molecular weight is 360 g/mol. The number of aliphatic hydroxyl groups is 1. The van der Waals surface area contributed by atoms with Crippen molar-refractivity contribution >= 4 is 31.9 Å². The van der Waals surface area contributed by atoms with Crippen LogP contribution in [0.5, 0.6) is 0 Å². The van der Waals surface area contributed by atoms with Gasteiger partial charge in [-0.3, -0.25) is 0 Å². The molecule has 1 unspecified atom stereocenters. The van der Waals surface area contributed by atoms with Crippen LogP contribution >= 0.6 is 31.9 Å². The zero-order valence-electron chi connectivity index (χ0n) is 8.70. The van der Waals surface area contributed by atoms with E-state index in [1.54, 1.807) is 12.1 Å². The lowest BCUT2D eigenvalue weighted by atomic mass is 10.0. The smallest absolute Gasteiger partial charge is 0.123 e. The topological polar surface area (TPSA) is 20.2 Å². The van der Waals surface area contributed by atoms with Crippen LogP contribution in [0.2, 0.25) is 0 Å². The van der Waals surface area contributed by atoms with Gasteiger partial charge < -0.3 is 5.11 Å². The van der Waals surface area contributed by atoms with Crippen LogP contribution in [0, 0.1) is 5.82 Å². The molecule has 4 heteroatoms. The highest BCUT2D eigenvalue weighted by atomic mass is 79.9. The van der Waals surface area contributed by atoms with Crippen LogP contribution in [0.3, 0.4) is 0 Å². The first-order valence-electron chi connectivity index (χ1n) is 4.96. The highest BCUT2D eigenvalue weighted by Gasteiger charge is 2.11. The zero-order chi connectivity index (χ0) is 12.4. The molecule has 0 heterocycles. The number of rotatable bonds is 2. The Kier molecular flexibility index (Phi) is 3.97. The van der Waals surface area contributed by atoms with Gasteiger partial charge in [0, 0.05) is 8.95 Å². The van der Waals surface area contributed by atoms with Crippen LogP contribution in [0.4, 0.5) is 4.39 Å². The summed E-state index contributed by atoms with van der Waals surface area (Å²) in [7, 11) is 0. The molecule has 1 nitrogen and oxygen atoms in total.